The Morgan fingerprint density at radius 1 is 0.786 bits per heavy atom. The van der Waals surface area contributed by atoms with Crippen LogP contribution >= 0.6 is 0 Å². The van der Waals surface area contributed by atoms with Crippen molar-refractivity contribution in [2.75, 3.05) is 56.5 Å². The Morgan fingerprint density at radius 3 is 2.26 bits per heavy atom. The number of piperazine rings is 1. The quantitative estimate of drug-likeness (QED) is 0.303. The van der Waals surface area contributed by atoms with Gasteiger partial charge in [0, 0.05) is 69.1 Å². The van der Waals surface area contributed by atoms with Crippen molar-refractivity contribution in [2.45, 2.75) is 63.6 Å². The molecule has 220 valence electrons. The molecule has 3 aliphatic rings. The minimum Gasteiger partial charge on any atom is -0.369 e. The molecule has 2 aromatic heterocycles. The number of piperidine rings is 1. The molecule has 2 aromatic carbocycles. The monoisotopic (exact) mass is 564 g/mol. The number of fused-ring (bicyclic) bond motifs is 1. The molecule has 0 spiro atoms. The van der Waals surface area contributed by atoms with Gasteiger partial charge in [0.05, 0.1) is 6.33 Å². The number of hydrogen-bond acceptors (Lipinski definition) is 7. The van der Waals surface area contributed by atoms with Gasteiger partial charge in [-0.2, -0.15) is 0 Å². The maximum atomic E-state index is 5.17. The Morgan fingerprint density at radius 2 is 1.52 bits per heavy atom. The van der Waals surface area contributed by atoms with Crippen molar-refractivity contribution < 1.29 is 0 Å². The lowest BCUT2D eigenvalue weighted by molar-refractivity contribution is 0.211. The standard InChI is InChI=1S/C34H44N8/c1-39-20-22-41(23-21-39)29-14-12-27(13-15-29)32-37-33(31-34(38-32)42(25-35-31)30-10-6-3-7-11-30)36-28-16-18-40(19-17-28)24-26-8-4-2-5-9-26/h2,4-5,8-9,12-15,25,28,30H,3,6-7,10-11,16-24H2,1H3,(H,36,37,38). The van der Waals surface area contributed by atoms with Crippen LogP contribution in [-0.4, -0.2) is 81.7 Å². The van der Waals surface area contributed by atoms with Crippen LogP contribution in [0.3, 0.4) is 0 Å². The Kier molecular flexibility index (Phi) is 8.07. The Labute approximate surface area is 249 Å². The molecule has 0 unspecified atom stereocenters. The van der Waals surface area contributed by atoms with Crippen LogP contribution in [0.4, 0.5) is 11.5 Å². The summed E-state index contributed by atoms with van der Waals surface area (Å²) >= 11 is 0. The summed E-state index contributed by atoms with van der Waals surface area (Å²) in [4.78, 5) is 22.6. The number of nitrogens with one attached hydrogen (secondary N) is 1. The van der Waals surface area contributed by atoms with Crippen LogP contribution in [0.5, 0.6) is 0 Å². The number of imidazole rings is 1. The molecule has 2 saturated heterocycles. The van der Waals surface area contributed by atoms with Crippen molar-refractivity contribution in [3.8, 4) is 11.4 Å². The number of likely N-dealkylation sites (tertiary alicyclic amines) is 1. The predicted octanol–water partition coefficient (Wildman–Crippen LogP) is 5.83. The lowest BCUT2D eigenvalue weighted by Gasteiger charge is -2.34. The van der Waals surface area contributed by atoms with Gasteiger partial charge in [-0.15, -0.1) is 0 Å². The lowest BCUT2D eigenvalue weighted by atomic mass is 9.95. The number of nitrogens with zero attached hydrogens (tertiary/aromatic N) is 7. The molecule has 1 aliphatic carbocycles. The second-order valence-corrected chi connectivity index (χ2v) is 12.5. The first-order valence-corrected chi connectivity index (χ1v) is 16.0. The first-order chi connectivity index (χ1) is 20.7. The summed E-state index contributed by atoms with van der Waals surface area (Å²) in [5.41, 5.74) is 5.61. The highest BCUT2D eigenvalue weighted by Gasteiger charge is 2.25. The fourth-order valence-corrected chi connectivity index (χ4v) is 6.93. The maximum absolute atomic E-state index is 5.17. The third-order valence-electron chi connectivity index (χ3n) is 9.56. The van der Waals surface area contributed by atoms with Crippen LogP contribution in [0, 0.1) is 0 Å². The molecule has 8 heteroatoms. The third-order valence-corrected chi connectivity index (χ3v) is 9.56. The van der Waals surface area contributed by atoms with Gasteiger partial charge in [-0.1, -0.05) is 49.6 Å². The zero-order valence-electron chi connectivity index (χ0n) is 25.0. The van der Waals surface area contributed by atoms with Gasteiger partial charge in [-0.25, -0.2) is 15.0 Å². The normalized spacial score (nSPS) is 19.9. The molecular weight excluding hydrogens is 520 g/mol. The van der Waals surface area contributed by atoms with E-state index in [0.29, 0.717) is 12.1 Å². The summed E-state index contributed by atoms with van der Waals surface area (Å²) in [6.07, 6.45) is 10.5. The van der Waals surface area contributed by atoms with E-state index in [-0.39, 0.29) is 0 Å². The summed E-state index contributed by atoms with van der Waals surface area (Å²) in [7, 11) is 2.20. The maximum Gasteiger partial charge on any atom is 0.166 e. The highest BCUT2D eigenvalue weighted by molar-refractivity contribution is 5.85. The van der Waals surface area contributed by atoms with Crippen LogP contribution < -0.4 is 10.2 Å². The van der Waals surface area contributed by atoms with E-state index in [1.54, 1.807) is 0 Å². The summed E-state index contributed by atoms with van der Waals surface area (Å²) in [6, 6.07) is 20.5. The highest BCUT2D eigenvalue weighted by Crippen LogP contribution is 2.33. The SMILES string of the molecule is CN1CCN(c2ccc(-c3nc(NC4CCN(Cc5ccccc5)CC4)c4ncn(C5CCCCC5)c4n3)cc2)CC1. The summed E-state index contributed by atoms with van der Waals surface area (Å²) < 4.78 is 2.34. The van der Waals surface area contributed by atoms with E-state index in [9.17, 15) is 0 Å². The van der Waals surface area contributed by atoms with Crippen LogP contribution in [0.2, 0.25) is 0 Å². The molecule has 8 nitrogen and oxygen atoms in total. The fourth-order valence-electron chi connectivity index (χ4n) is 6.93. The first-order valence-electron chi connectivity index (χ1n) is 16.0. The van der Waals surface area contributed by atoms with E-state index >= 15 is 0 Å². The number of benzene rings is 2. The van der Waals surface area contributed by atoms with Gasteiger partial charge >= 0.3 is 0 Å². The first kappa shape index (κ1) is 27.3. The number of rotatable bonds is 7. The Bertz CT molecular complexity index is 1440. The van der Waals surface area contributed by atoms with Gasteiger partial charge in [-0.05, 0) is 62.6 Å². The average Bonchev–Trinajstić information content (AvgIpc) is 3.48. The van der Waals surface area contributed by atoms with Crippen molar-refractivity contribution in [2.24, 2.45) is 0 Å². The van der Waals surface area contributed by atoms with Gasteiger partial charge in [0.1, 0.15) is 5.52 Å². The summed E-state index contributed by atoms with van der Waals surface area (Å²) in [5.74, 6) is 1.67. The number of likely N-dealkylation sites (N-methyl/N-ethyl adjacent to an activating group) is 1. The van der Waals surface area contributed by atoms with E-state index in [4.69, 9.17) is 15.0 Å². The molecule has 4 aromatic rings. The van der Waals surface area contributed by atoms with Crippen LogP contribution in [0.15, 0.2) is 60.9 Å². The molecule has 3 fully saturated rings. The molecule has 7 rings (SSSR count). The van der Waals surface area contributed by atoms with Crippen molar-refractivity contribution in [3.63, 3.8) is 0 Å². The molecule has 4 heterocycles. The molecule has 0 amide bonds. The molecule has 2 aliphatic heterocycles. The molecule has 1 N–H and O–H groups in total. The van der Waals surface area contributed by atoms with Gasteiger partial charge in [0.15, 0.2) is 17.3 Å². The molecular formula is C34H44N8. The van der Waals surface area contributed by atoms with Gasteiger partial charge in [0.25, 0.3) is 0 Å². The minimum atomic E-state index is 0.377. The second-order valence-electron chi connectivity index (χ2n) is 12.5. The summed E-state index contributed by atoms with van der Waals surface area (Å²) in [5, 5.41) is 3.84. The molecule has 0 radical (unpaired) electrons. The van der Waals surface area contributed by atoms with E-state index in [1.807, 2.05) is 6.33 Å². The van der Waals surface area contributed by atoms with Crippen molar-refractivity contribution >= 4 is 22.7 Å². The van der Waals surface area contributed by atoms with Gasteiger partial charge < -0.3 is 19.7 Å². The topological polar surface area (TPSA) is 65.3 Å². The number of hydrogen-bond donors (Lipinski definition) is 1. The van der Waals surface area contributed by atoms with Crippen LogP contribution in [0.1, 0.15) is 56.6 Å². The smallest absolute Gasteiger partial charge is 0.166 e. The van der Waals surface area contributed by atoms with Crippen LogP contribution in [0.25, 0.3) is 22.6 Å². The molecule has 0 atom stereocenters. The zero-order valence-corrected chi connectivity index (χ0v) is 25.0. The van der Waals surface area contributed by atoms with E-state index in [0.717, 1.165) is 87.0 Å². The van der Waals surface area contributed by atoms with Gasteiger partial charge in [-0.3, -0.25) is 4.90 Å². The zero-order chi connectivity index (χ0) is 28.3. The van der Waals surface area contributed by atoms with E-state index < -0.39 is 0 Å². The summed E-state index contributed by atoms with van der Waals surface area (Å²) in [6.45, 7) is 7.52. The number of anilines is 2. The van der Waals surface area contributed by atoms with Gasteiger partial charge in [0.2, 0.25) is 0 Å². The van der Waals surface area contributed by atoms with E-state index in [1.165, 1.54) is 43.4 Å². The second kappa shape index (κ2) is 12.4. The Hall–Kier alpha value is -3.49. The Balaban J connectivity index is 1.13. The third kappa shape index (κ3) is 6.01. The van der Waals surface area contributed by atoms with Crippen LogP contribution in [-0.2, 0) is 6.54 Å². The highest BCUT2D eigenvalue weighted by atomic mass is 15.2. The van der Waals surface area contributed by atoms with Crippen molar-refractivity contribution in [3.05, 3.63) is 66.5 Å². The van der Waals surface area contributed by atoms with Crippen molar-refractivity contribution in [1.82, 2.24) is 29.3 Å². The number of aromatic nitrogens is 4. The van der Waals surface area contributed by atoms with E-state index in [2.05, 4.69) is 86.2 Å². The lowest BCUT2D eigenvalue weighted by Crippen LogP contribution is -2.44. The molecule has 42 heavy (non-hydrogen) atoms. The fraction of sp³-hybridized carbons (Fsp3) is 0.500. The molecule has 1 saturated carbocycles. The largest absolute Gasteiger partial charge is 0.369 e. The van der Waals surface area contributed by atoms with Crippen molar-refractivity contribution in [1.29, 1.82) is 0 Å². The average molecular weight is 565 g/mol. The molecule has 0 bridgehead atoms. The predicted molar refractivity (Wildman–Crippen MR) is 171 cm³/mol. The minimum absolute atomic E-state index is 0.377.